The van der Waals surface area contributed by atoms with E-state index in [0.29, 0.717) is 16.8 Å². The van der Waals surface area contributed by atoms with E-state index in [1.165, 1.54) is 0 Å². The average Bonchev–Trinajstić information content (AvgIpc) is 2.75. The zero-order valence-corrected chi connectivity index (χ0v) is 17.0. The lowest BCUT2D eigenvalue weighted by atomic mass is 9.94. The summed E-state index contributed by atoms with van der Waals surface area (Å²) in [6, 6.07) is 11.7. The van der Waals surface area contributed by atoms with E-state index in [-0.39, 0.29) is 5.52 Å². The molecular formula is C22H19N3O6. The highest BCUT2D eigenvalue weighted by Gasteiger charge is 2.40. The number of para-hydroxylation sites is 2. The molecule has 1 atom stereocenters. The van der Waals surface area contributed by atoms with Gasteiger partial charge in [0.2, 0.25) is 5.78 Å². The van der Waals surface area contributed by atoms with E-state index in [9.17, 15) is 24.0 Å². The molecule has 0 saturated heterocycles. The Morgan fingerprint density at radius 3 is 2.45 bits per heavy atom. The molecule has 2 aromatic carbocycles. The molecule has 0 spiro atoms. The molecule has 1 amide bonds. The van der Waals surface area contributed by atoms with E-state index >= 15 is 0 Å². The highest BCUT2D eigenvalue weighted by atomic mass is 16.5. The average molecular weight is 421 g/mol. The van der Waals surface area contributed by atoms with Crippen molar-refractivity contribution in [1.82, 2.24) is 9.97 Å². The molecule has 0 unspecified atom stereocenters. The van der Waals surface area contributed by atoms with Gasteiger partial charge in [0.1, 0.15) is 11.6 Å². The van der Waals surface area contributed by atoms with Gasteiger partial charge in [-0.25, -0.2) is 9.78 Å². The van der Waals surface area contributed by atoms with Crippen LogP contribution in [0.5, 0.6) is 0 Å². The molecule has 0 saturated carbocycles. The first kappa shape index (κ1) is 21.6. The number of Topliss-reactive ketones (excluding diaryl/α,β-unsaturated/α-hetero) is 2. The van der Waals surface area contributed by atoms with E-state index in [1.54, 1.807) is 50.2 Å². The Morgan fingerprint density at radius 1 is 1.03 bits per heavy atom. The molecule has 31 heavy (non-hydrogen) atoms. The number of carbonyl (C=O) groups is 4. The van der Waals surface area contributed by atoms with Gasteiger partial charge < -0.3 is 15.0 Å². The van der Waals surface area contributed by atoms with Crippen molar-refractivity contribution in [1.29, 1.82) is 0 Å². The number of anilines is 1. The van der Waals surface area contributed by atoms with Gasteiger partial charge in [-0.1, -0.05) is 24.3 Å². The summed E-state index contributed by atoms with van der Waals surface area (Å²) in [6.07, 6.45) is 0. The van der Waals surface area contributed by atoms with Gasteiger partial charge >= 0.3 is 5.97 Å². The fourth-order valence-corrected chi connectivity index (χ4v) is 3.01. The number of ether oxygens (including phenoxy) is 1. The molecule has 0 aliphatic heterocycles. The third-order valence-electron chi connectivity index (χ3n) is 4.68. The fourth-order valence-electron chi connectivity index (χ4n) is 3.01. The predicted molar refractivity (Wildman–Crippen MR) is 112 cm³/mol. The van der Waals surface area contributed by atoms with Crippen molar-refractivity contribution in [2.24, 2.45) is 0 Å². The van der Waals surface area contributed by atoms with Crippen molar-refractivity contribution in [3.05, 3.63) is 69.6 Å². The molecule has 2 N–H and O–H groups in total. The summed E-state index contributed by atoms with van der Waals surface area (Å²) in [5.41, 5.74) is 1.11. The maximum Gasteiger partial charge on any atom is 0.375 e. The topological polar surface area (TPSA) is 135 Å². The zero-order valence-electron chi connectivity index (χ0n) is 17.0. The largest absolute Gasteiger partial charge is 0.463 e. The van der Waals surface area contributed by atoms with Crippen LogP contribution >= 0.6 is 0 Å². The van der Waals surface area contributed by atoms with E-state index in [4.69, 9.17) is 0 Å². The van der Waals surface area contributed by atoms with Gasteiger partial charge in [-0.15, -0.1) is 0 Å². The molecule has 9 heteroatoms. The molecule has 0 aliphatic carbocycles. The molecule has 0 fully saturated rings. The van der Waals surface area contributed by atoms with Gasteiger partial charge in [-0.2, -0.15) is 0 Å². The Balaban J connectivity index is 2.06. The predicted octanol–water partition coefficient (Wildman–Crippen LogP) is 1.57. The molecule has 158 valence electrons. The number of aromatic nitrogens is 2. The van der Waals surface area contributed by atoms with Crippen LogP contribution in [0.25, 0.3) is 11.0 Å². The minimum absolute atomic E-state index is 0.280. The Hall–Kier alpha value is -4.14. The Kier molecular flexibility index (Phi) is 6.05. The molecule has 3 aromatic rings. The molecule has 0 aliphatic rings. The number of esters is 1. The molecule has 9 nitrogen and oxygen atoms in total. The number of carbonyl (C=O) groups excluding carboxylic acids is 4. The van der Waals surface area contributed by atoms with Crippen LogP contribution in [0.15, 0.2) is 47.3 Å². The number of H-pyrrole nitrogens is 1. The van der Waals surface area contributed by atoms with Gasteiger partial charge in [0, 0.05) is 5.69 Å². The lowest BCUT2D eigenvalue weighted by Crippen LogP contribution is -2.39. The monoisotopic (exact) mass is 421 g/mol. The fraction of sp³-hybridized carbons (Fsp3) is 0.182. The van der Waals surface area contributed by atoms with Gasteiger partial charge in [-0.05, 0) is 43.2 Å². The summed E-state index contributed by atoms with van der Waals surface area (Å²) < 4.78 is 4.41. The summed E-state index contributed by atoms with van der Waals surface area (Å²) in [7, 11) is 0.954. The smallest absolute Gasteiger partial charge is 0.375 e. The van der Waals surface area contributed by atoms with Gasteiger partial charge in [0.25, 0.3) is 17.2 Å². The number of amides is 1. The molecule has 0 bridgehead atoms. The standard InChI is InChI=1S/C22H19N3O6/c1-11-8-9-12(2)15(10-11)25-21(29)18(26)16(19(27)22(30)31-3)17-20(28)24-14-7-5-4-6-13(14)23-17/h4-10,16H,1-3H3,(H,24,28)(H,25,29)/t16-/m1/s1. The van der Waals surface area contributed by atoms with E-state index in [0.717, 1.165) is 12.7 Å². The summed E-state index contributed by atoms with van der Waals surface area (Å²) in [5.74, 6) is -7.25. The Labute approximate surface area is 176 Å². The highest BCUT2D eigenvalue weighted by Crippen LogP contribution is 2.20. The third kappa shape index (κ3) is 4.40. The first-order chi connectivity index (χ1) is 14.7. The number of hydrogen-bond donors (Lipinski definition) is 2. The zero-order chi connectivity index (χ0) is 22.7. The third-order valence-corrected chi connectivity index (χ3v) is 4.68. The van der Waals surface area contributed by atoms with Crippen LogP contribution in [-0.4, -0.2) is 40.5 Å². The highest BCUT2D eigenvalue weighted by molar-refractivity contribution is 6.52. The first-order valence-electron chi connectivity index (χ1n) is 9.26. The van der Waals surface area contributed by atoms with Crippen molar-refractivity contribution in [3.63, 3.8) is 0 Å². The van der Waals surface area contributed by atoms with Gasteiger partial charge in [0.15, 0.2) is 0 Å². The van der Waals surface area contributed by atoms with Crippen LogP contribution < -0.4 is 10.9 Å². The van der Waals surface area contributed by atoms with E-state index < -0.39 is 40.6 Å². The lowest BCUT2D eigenvalue weighted by Gasteiger charge is -2.14. The summed E-state index contributed by atoms with van der Waals surface area (Å²) >= 11 is 0. The SMILES string of the molecule is COC(=O)C(=O)[C@@H](C(=O)C(=O)Nc1cc(C)ccc1C)c1nc2ccccc2[nH]c1=O. The normalized spacial score (nSPS) is 11.6. The van der Waals surface area contributed by atoms with Crippen LogP contribution in [0.2, 0.25) is 0 Å². The second-order valence-electron chi connectivity index (χ2n) is 6.89. The number of benzene rings is 2. The quantitative estimate of drug-likeness (QED) is 0.350. The minimum atomic E-state index is -2.05. The molecule has 1 aromatic heterocycles. The van der Waals surface area contributed by atoms with Crippen molar-refractivity contribution in [2.75, 3.05) is 12.4 Å². The summed E-state index contributed by atoms with van der Waals surface area (Å²) in [5, 5.41) is 2.44. The number of methoxy groups -OCH3 is 1. The van der Waals surface area contributed by atoms with Crippen LogP contribution in [0.1, 0.15) is 22.7 Å². The first-order valence-corrected chi connectivity index (χ1v) is 9.26. The summed E-state index contributed by atoms with van der Waals surface area (Å²) in [4.78, 5) is 69.3. The number of hydrogen-bond acceptors (Lipinski definition) is 7. The van der Waals surface area contributed by atoms with Crippen LogP contribution in [0.3, 0.4) is 0 Å². The molecule has 1 heterocycles. The number of nitrogens with one attached hydrogen (secondary N) is 2. The van der Waals surface area contributed by atoms with Crippen LogP contribution in [0.4, 0.5) is 5.69 Å². The van der Waals surface area contributed by atoms with Crippen LogP contribution in [0, 0.1) is 13.8 Å². The number of ketones is 2. The Bertz CT molecular complexity index is 1280. The number of nitrogens with zero attached hydrogens (tertiary/aromatic N) is 1. The number of rotatable bonds is 6. The van der Waals surface area contributed by atoms with Crippen molar-refractivity contribution in [2.45, 2.75) is 19.8 Å². The molecule has 0 radical (unpaired) electrons. The Morgan fingerprint density at radius 2 is 1.74 bits per heavy atom. The van der Waals surface area contributed by atoms with E-state index in [1.807, 2.05) is 6.07 Å². The summed E-state index contributed by atoms with van der Waals surface area (Å²) in [6.45, 7) is 3.53. The number of fused-ring (bicyclic) bond motifs is 1. The van der Waals surface area contributed by atoms with Crippen molar-refractivity contribution in [3.8, 4) is 0 Å². The van der Waals surface area contributed by atoms with Crippen LogP contribution in [-0.2, 0) is 23.9 Å². The molecule has 3 rings (SSSR count). The second-order valence-corrected chi connectivity index (χ2v) is 6.89. The van der Waals surface area contributed by atoms with Crippen molar-refractivity contribution < 1.29 is 23.9 Å². The maximum atomic E-state index is 13.0. The number of aromatic amines is 1. The lowest BCUT2D eigenvalue weighted by molar-refractivity contribution is -0.154. The van der Waals surface area contributed by atoms with Crippen molar-refractivity contribution >= 4 is 40.2 Å². The van der Waals surface area contributed by atoms with E-state index in [2.05, 4.69) is 20.0 Å². The second kappa shape index (κ2) is 8.70. The maximum absolute atomic E-state index is 13.0. The van der Waals surface area contributed by atoms with Gasteiger partial charge in [-0.3, -0.25) is 19.2 Å². The number of aryl methyl sites for hydroxylation is 2. The van der Waals surface area contributed by atoms with Gasteiger partial charge in [0.05, 0.1) is 18.1 Å². The minimum Gasteiger partial charge on any atom is -0.463 e. The molecular weight excluding hydrogens is 402 g/mol.